The Morgan fingerprint density at radius 2 is 1.49 bits per heavy atom. The normalized spacial score (nSPS) is 14.8. The summed E-state index contributed by atoms with van der Waals surface area (Å²) in [6, 6.07) is -4.46. The monoisotopic (exact) mass is 547 g/mol. The molecule has 0 aliphatic carbocycles. The van der Waals surface area contributed by atoms with Crippen molar-refractivity contribution in [2.24, 2.45) is 28.1 Å². The number of amides is 3. The van der Waals surface area contributed by atoms with Crippen LogP contribution in [-0.2, 0) is 24.0 Å². The Labute approximate surface area is 220 Å². The van der Waals surface area contributed by atoms with Crippen molar-refractivity contribution in [1.82, 2.24) is 16.0 Å². The molecule has 0 aromatic carbocycles. The van der Waals surface area contributed by atoms with Gasteiger partial charge >= 0.3 is 11.9 Å². The highest BCUT2D eigenvalue weighted by atomic mass is 32.2. The third kappa shape index (κ3) is 14.3. The van der Waals surface area contributed by atoms with Crippen LogP contribution in [0.25, 0.3) is 0 Å². The van der Waals surface area contributed by atoms with E-state index in [9.17, 15) is 29.1 Å². The summed E-state index contributed by atoms with van der Waals surface area (Å²) in [5, 5.41) is 25.9. The number of hydrogen-bond donors (Lipinski definition) is 8. The summed E-state index contributed by atoms with van der Waals surface area (Å²) in [6.45, 7) is 3.68. The van der Waals surface area contributed by atoms with Gasteiger partial charge in [0.05, 0.1) is 6.04 Å². The lowest BCUT2D eigenvalue weighted by Gasteiger charge is -2.26. The first kappa shape index (κ1) is 33.9. The average molecular weight is 548 g/mol. The number of nitrogens with one attached hydrogen (secondary N) is 3. The molecule has 15 heteroatoms. The van der Waals surface area contributed by atoms with Gasteiger partial charge in [-0.15, -0.1) is 0 Å². The highest BCUT2D eigenvalue weighted by Gasteiger charge is 2.31. The van der Waals surface area contributed by atoms with Crippen LogP contribution >= 0.6 is 11.8 Å². The Balaban J connectivity index is 5.61. The van der Waals surface area contributed by atoms with Crippen LogP contribution in [0.4, 0.5) is 0 Å². The molecule has 0 heterocycles. The number of guanidine groups is 1. The minimum absolute atomic E-state index is 0.0987. The summed E-state index contributed by atoms with van der Waals surface area (Å²) in [4.78, 5) is 64.9. The molecule has 0 radical (unpaired) electrons. The van der Waals surface area contributed by atoms with Crippen molar-refractivity contribution in [2.45, 2.75) is 76.5 Å². The molecule has 0 fully saturated rings. The second-order valence-electron chi connectivity index (χ2n) is 8.60. The number of thioether (sulfide) groups is 1. The van der Waals surface area contributed by atoms with Crippen LogP contribution in [-0.4, -0.2) is 88.6 Å². The Morgan fingerprint density at radius 3 is 2.00 bits per heavy atom. The van der Waals surface area contributed by atoms with E-state index < -0.39 is 53.8 Å². The molecule has 0 aromatic heterocycles. The van der Waals surface area contributed by atoms with E-state index in [4.69, 9.17) is 22.3 Å². The van der Waals surface area contributed by atoms with Crippen LogP contribution in [0.5, 0.6) is 0 Å². The number of carboxylic acid groups (broad SMARTS) is 2. The van der Waals surface area contributed by atoms with Gasteiger partial charge in [-0.05, 0) is 43.6 Å². The van der Waals surface area contributed by atoms with Crippen LogP contribution in [0, 0.1) is 5.92 Å². The molecule has 0 spiro atoms. The molecule has 0 saturated heterocycles. The van der Waals surface area contributed by atoms with Crippen molar-refractivity contribution < 1.29 is 34.2 Å². The van der Waals surface area contributed by atoms with Gasteiger partial charge in [0.1, 0.15) is 18.1 Å². The Kier molecular flexibility index (Phi) is 16.7. The lowest BCUT2D eigenvalue weighted by atomic mass is 9.98. The van der Waals surface area contributed by atoms with Crippen molar-refractivity contribution >= 4 is 47.4 Å². The predicted octanol–water partition coefficient (Wildman–Crippen LogP) is -1.43. The van der Waals surface area contributed by atoms with Crippen molar-refractivity contribution in [1.29, 1.82) is 0 Å². The molecule has 0 aliphatic heterocycles. The molecule has 212 valence electrons. The Bertz CT molecular complexity index is 808. The lowest BCUT2D eigenvalue weighted by Crippen LogP contribution is -2.57. The molecular weight excluding hydrogens is 506 g/mol. The van der Waals surface area contributed by atoms with Gasteiger partial charge in [-0.25, -0.2) is 4.79 Å². The largest absolute Gasteiger partial charge is 0.481 e. The number of nitrogens with zero attached hydrogens (tertiary/aromatic N) is 1. The van der Waals surface area contributed by atoms with Gasteiger partial charge in [0.15, 0.2) is 5.96 Å². The smallest absolute Gasteiger partial charge is 0.326 e. The van der Waals surface area contributed by atoms with E-state index in [0.29, 0.717) is 18.6 Å². The number of nitrogens with two attached hydrogens (primary N) is 3. The van der Waals surface area contributed by atoms with E-state index in [1.807, 2.05) is 6.26 Å². The second-order valence-corrected chi connectivity index (χ2v) is 9.59. The summed E-state index contributed by atoms with van der Waals surface area (Å²) in [6.07, 6.45) is 2.51. The van der Waals surface area contributed by atoms with Gasteiger partial charge < -0.3 is 43.4 Å². The van der Waals surface area contributed by atoms with Crippen LogP contribution < -0.4 is 33.2 Å². The fraction of sp³-hybridized carbons (Fsp3) is 0.727. The third-order valence-electron chi connectivity index (χ3n) is 5.60. The zero-order valence-electron chi connectivity index (χ0n) is 21.6. The zero-order valence-corrected chi connectivity index (χ0v) is 22.4. The second kappa shape index (κ2) is 18.2. The van der Waals surface area contributed by atoms with Crippen LogP contribution in [0.15, 0.2) is 4.99 Å². The van der Waals surface area contributed by atoms with E-state index in [1.165, 1.54) is 11.8 Å². The maximum Gasteiger partial charge on any atom is 0.326 e. The number of hydrogen-bond acceptors (Lipinski definition) is 8. The van der Waals surface area contributed by atoms with E-state index in [0.717, 1.165) is 0 Å². The van der Waals surface area contributed by atoms with Crippen molar-refractivity contribution in [2.75, 3.05) is 18.6 Å². The number of aliphatic imine (C=N–C) groups is 1. The van der Waals surface area contributed by atoms with Crippen LogP contribution in [0.2, 0.25) is 0 Å². The van der Waals surface area contributed by atoms with E-state index in [2.05, 4.69) is 20.9 Å². The Hall–Kier alpha value is -3.07. The molecule has 5 atom stereocenters. The molecular formula is C22H41N7O7S. The minimum atomic E-state index is -1.18. The molecule has 0 bridgehead atoms. The highest BCUT2D eigenvalue weighted by Crippen LogP contribution is 2.10. The van der Waals surface area contributed by atoms with Crippen LogP contribution in [0.3, 0.4) is 0 Å². The summed E-state index contributed by atoms with van der Waals surface area (Å²) in [5.41, 5.74) is 16.4. The maximum atomic E-state index is 13.1. The maximum absolute atomic E-state index is 13.1. The molecule has 11 N–H and O–H groups in total. The quantitative estimate of drug-likeness (QED) is 0.0528. The number of rotatable bonds is 19. The molecule has 0 saturated carbocycles. The zero-order chi connectivity index (χ0) is 28.5. The van der Waals surface area contributed by atoms with E-state index in [-0.39, 0.29) is 44.1 Å². The van der Waals surface area contributed by atoms with Crippen molar-refractivity contribution in [3.63, 3.8) is 0 Å². The lowest BCUT2D eigenvalue weighted by molar-refractivity contribution is -0.144. The van der Waals surface area contributed by atoms with Gasteiger partial charge in [0.25, 0.3) is 0 Å². The first-order chi connectivity index (χ1) is 17.3. The molecule has 0 rings (SSSR count). The SMILES string of the molecule is CCC(C)C(NC(=O)C(CCSC)NC(=O)C(CCCN=C(N)N)NC(=O)C(N)CCC(=O)O)C(=O)O. The number of carbonyl (C=O) groups is 5. The minimum Gasteiger partial charge on any atom is -0.481 e. The molecule has 37 heavy (non-hydrogen) atoms. The Morgan fingerprint density at radius 1 is 0.919 bits per heavy atom. The first-order valence-electron chi connectivity index (χ1n) is 12.0. The summed E-state index contributed by atoms with van der Waals surface area (Å²) in [5.74, 6) is -4.33. The topological polar surface area (TPSA) is 252 Å². The fourth-order valence-corrected chi connectivity index (χ4v) is 3.65. The van der Waals surface area contributed by atoms with Gasteiger partial charge in [-0.3, -0.25) is 24.2 Å². The third-order valence-corrected chi connectivity index (χ3v) is 6.25. The fourth-order valence-electron chi connectivity index (χ4n) is 3.17. The van der Waals surface area contributed by atoms with Gasteiger partial charge in [0.2, 0.25) is 17.7 Å². The predicted molar refractivity (Wildman–Crippen MR) is 141 cm³/mol. The average Bonchev–Trinajstić information content (AvgIpc) is 2.83. The standard InChI is InChI=1S/C22H41N7O7S/c1-4-12(2)17(21(35)36)29-20(34)15(9-11-37-3)28-19(33)14(6-5-10-26-22(24)25)27-18(32)13(23)7-8-16(30)31/h12-15,17H,4-11,23H2,1-3H3,(H,27,32)(H,28,33)(H,29,34)(H,30,31)(H,35,36)(H4,24,25,26). The summed E-state index contributed by atoms with van der Waals surface area (Å²) >= 11 is 1.44. The number of carboxylic acids is 2. The molecule has 0 aliphatic rings. The van der Waals surface area contributed by atoms with Gasteiger partial charge in [-0.2, -0.15) is 11.8 Å². The summed E-state index contributed by atoms with van der Waals surface area (Å²) in [7, 11) is 0. The molecule has 14 nitrogen and oxygen atoms in total. The highest BCUT2D eigenvalue weighted by molar-refractivity contribution is 7.98. The van der Waals surface area contributed by atoms with Gasteiger partial charge in [0, 0.05) is 13.0 Å². The van der Waals surface area contributed by atoms with Crippen molar-refractivity contribution in [3.8, 4) is 0 Å². The molecule has 3 amide bonds. The molecule has 5 unspecified atom stereocenters. The molecule has 0 aromatic rings. The first-order valence-corrected chi connectivity index (χ1v) is 13.4. The van der Waals surface area contributed by atoms with Crippen molar-refractivity contribution in [3.05, 3.63) is 0 Å². The number of carbonyl (C=O) groups excluding carboxylic acids is 3. The summed E-state index contributed by atoms with van der Waals surface area (Å²) < 4.78 is 0. The van der Waals surface area contributed by atoms with Gasteiger partial charge in [-0.1, -0.05) is 20.3 Å². The van der Waals surface area contributed by atoms with Crippen LogP contribution in [0.1, 0.15) is 52.4 Å². The van der Waals surface area contributed by atoms with E-state index >= 15 is 0 Å². The van der Waals surface area contributed by atoms with E-state index in [1.54, 1.807) is 13.8 Å². The number of aliphatic carboxylic acids is 2.